The molecule has 0 radical (unpaired) electrons. The molecule has 1 saturated heterocycles. The zero-order chi connectivity index (χ0) is 21.5. The molecule has 5 rings (SSSR count). The topological polar surface area (TPSA) is 97.5 Å². The fraction of sp³-hybridized carbons (Fsp3) is 0.333. The van der Waals surface area contributed by atoms with Crippen LogP contribution in [0.2, 0.25) is 5.02 Å². The highest BCUT2D eigenvalue weighted by molar-refractivity contribution is 7.07. The van der Waals surface area contributed by atoms with Crippen LogP contribution in [-0.4, -0.2) is 56.0 Å². The summed E-state index contributed by atoms with van der Waals surface area (Å²) in [7, 11) is 0. The van der Waals surface area contributed by atoms with Gasteiger partial charge in [-0.05, 0) is 36.8 Å². The summed E-state index contributed by atoms with van der Waals surface area (Å²) in [5.41, 5.74) is 3.33. The van der Waals surface area contributed by atoms with Crippen molar-refractivity contribution < 1.29 is 19.4 Å². The zero-order valence-corrected chi connectivity index (χ0v) is 17.9. The van der Waals surface area contributed by atoms with E-state index in [4.69, 9.17) is 21.4 Å². The highest BCUT2D eigenvalue weighted by Gasteiger charge is 2.44. The zero-order valence-electron chi connectivity index (χ0n) is 16.3. The molecule has 0 bridgehead atoms. The minimum absolute atomic E-state index is 0.0405. The number of carbonyl (C=O) groups excluding carboxylic acids is 1. The van der Waals surface area contributed by atoms with Gasteiger partial charge in [0.05, 0.1) is 22.3 Å². The maximum atomic E-state index is 12.7. The lowest BCUT2D eigenvalue weighted by Crippen LogP contribution is -2.34. The van der Waals surface area contributed by atoms with Gasteiger partial charge in [-0.2, -0.15) is 9.78 Å². The summed E-state index contributed by atoms with van der Waals surface area (Å²) in [6.45, 7) is 1.22. The molecule has 0 unspecified atom stereocenters. The summed E-state index contributed by atoms with van der Waals surface area (Å²) in [6.07, 6.45) is 3.11. The monoisotopic (exact) mass is 458 g/mol. The van der Waals surface area contributed by atoms with E-state index in [0.717, 1.165) is 28.8 Å². The number of carboxylic acid groups (broad SMARTS) is 1. The number of likely N-dealkylation sites (tertiary alicyclic amines) is 1. The fourth-order valence-electron chi connectivity index (χ4n) is 4.51. The van der Waals surface area contributed by atoms with Crippen molar-refractivity contribution in [1.29, 1.82) is 0 Å². The van der Waals surface area contributed by atoms with Gasteiger partial charge in [-0.3, -0.25) is 0 Å². The number of aromatic nitrogens is 3. The van der Waals surface area contributed by atoms with E-state index in [-0.39, 0.29) is 17.8 Å². The number of halogens is 1. The maximum Gasteiger partial charge on any atom is 0.356 e. The summed E-state index contributed by atoms with van der Waals surface area (Å²) in [4.78, 5) is 29.7. The fourth-order valence-corrected chi connectivity index (χ4v) is 5.33. The normalized spacial score (nSPS) is 22.5. The van der Waals surface area contributed by atoms with Gasteiger partial charge in [0.15, 0.2) is 5.69 Å². The van der Waals surface area contributed by atoms with Crippen LogP contribution in [0.5, 0.6) is 5.75 Å². The molecule has 8 nitrogen and oxygen atoms in total. The summed E-state index contributed by atoms with van der Waals surface area (Å²) < 4.78 is 7.35. The van der Waals surface area contributed by atoms with E-state index in [2.05, 4.69) is 10.1 Å². The Kier molecular flexibility index (Phi) is 5.15. The second-order valence-electron chi connectivity index (χ2n) is 7.86. The number of hydrogen-bond donors (Lipinski definition) is 1. The quantitative estimate of drug-likeness (QED) is 0.631. The van der Waals surface area contributed by atoms with Gasteiger partial charge in [0.25, 0.3) is 0 Å². The molecule has 2 aliphatic rings. The van der Waals surface area contributed by atoms with Crippen LogP contribution in [0.1, 0.15) is 23.3 Å². The predicted octanol–water partition coefficient (Wildman–Crippen LogP) is 4.12. The first-order valence-corrected chi connectivity index (χ1v) is 11.2. The lowest BCUT2D eigenvalue weighted by Gasteiger charge is -2.20. The van der Waals surface area contributed by atoms with Crippen LogP contribution < -0.4 is 4.74 Å². The van der Waals surface area contributed by atoms with Crippen molar-refractivity contribution >= 4 is 34.9 Å². The molecule has 10 heteroatoms. The van der Waals surface area contributed by atoms with Crippen molar-refractivity contribution in [2.45, 2.75) is 18.9 Å². The van der Waals surface area contributed by atoms with Crippen LogP contribution in [0, 0.1) is 11.8 Å². The number of nitrogens with zero attached hydrogens (tertiary/aromatic N) is 4. The average Bonchev–Trinajstić information content (AvgIpc) is 3.52. The number of carboxylic acids is 1. The number of amides is 1. The summed E-state index contributed by atoms with van der Waals surface area (Å²) in [5, 5.41) is 15.3. The Morgan fingerprint density at radius 1 is 1.19 bits per heavy atom. The van der Waals surface area contributed by atoms with E-state index >= 15 is 0 Å². The summed E-state index contributed by atoms with van der Waals surface area (Å²) in [5.74, 6) is 0.179. The van der Waals surface area contributed by atoms with Crippen molar-refractivity contribution in [1.82, 2.24) is 19.7 Å². The third-order valence-electron chi connectivity index (χ3n) is 5.95. The van der Waals surface area contributed by atoms with Gasteiger partial charge < -0.3 is 14.7 Å². The molecule has 1 saturated carbocycles. The van der Waals surface area contributed by atoms with Crippen molar-refractivity contribution in [2.75, 3.05) is 13.1 Å². The van der Waals surface area contributed by atoms with Gasteiger partial charge in [0.1, 0.15) is 5.75 Å². The number of hydrogen-bond acceptors (Lipinski definition) is 6. The van der Waals surface area contributed by atoms with Crippen molar-refractivity contribution in [2.24, 2.45) is 11.8 Å². The largest absolute Gasteiger partial charge is 0.489 e. The van der Waals surface area contributed by atoms with Crippen molar-refractivity contribution in [3.05, 3.63) is 52.1 Å². The molecule has 2 fully saturated rings. The van der Waals surface area contributed by atoms with Crippen LogP contribution >= 0.6 is 22.9 Å². The Morgan fingerprint density at radius 3 is 2.61 bits per heavy atom. The van der Waals surface area contributed by atoms with Gasteiger partial charge >= 0.3 is 12.0 Å². The second kappa shape index (κ2) is 7.97. The molecule has 1 amide bonds. The SMILES string of the molecule is O=C(O)c1ccn(C(=O)N2C[C@H]3C[C@H](Oc4cccc(-c5cscn5)c4Cl)C[C@H]3C2)n1. The molecule has 1 aromatic carbocycles. The minimum atomic E-state index is -1.15. The lowest BCUT2D eigenvalue weighted by molar-refractivity contribution is 0.0690. The molecular weight excluding hydrogens is 440 g/mol. The smallest absolute Gasteiger partial charge is 0.356 e. The molecule has 0 spiro atoms. The third-order valence-corrected chi connectivity index (χ3v) is 6.92. The Labute approximate surface area is 187 Å². The number of ether oxygens (including phenoxy) is 1. The Morgan fingerprint density at radius 2 is 1.97 bits per heavy atom. The van der Waals surface area contributed by atoms with Crippen LogP contribution in [0.4, 0.5) is 4.79 Å². The molecular formula is C21H19ClN4O4S. The molecule has 1 aliphatic carbocycles. The highest BCUT2D eigenvalue weighted by Crippen LogP contribution is 2.42. The molecule has 31 heavy (non-hydrogen) atoms. The highest BCUT2D eigenvalue weighted by atomic mass is 35.5. The van der Waals surface area contributed by atoms with E-state index < -0.39 is 5.97 Å². The molecule has 1 N–H and O–H groups in total. The Balaban J connectivity index is 1.22. The van der Waals surface area contributed by atoms with Crippen LogP contribution in [0.15, 0.2) is 41.4 Å². The molecule has 3 aromatic rings. The van der Waals surface area contributed by atoms with Crippen LogP contribution in [-0.2, 0) is 0 Å². The standard InChI is InChI=1S/C21H19ClN4O4S/c22-19-15(17-10-31-11-23-17)2-1-3-18(19)30-14-6-12-8-25(9-13(12)7-14)21(29)26-5-4-16(24-26)20(27)28/h1-5,10-14H,6-9H2,(H,27,28)/t12-,13+,14+. The Bertz CT molecular complexity index is 1120. The number of carbonyl (C=O) groups is 2. The average molecular weight is 459 g/mol. The number of benzene rings is 1. The first-order valence-electron chi connectivity index (χ1n) is 9.91. The molecule has 1 aliphatic heterocycles. The van der Waals surface area contributed by atoms with Crippen LogP contribution in [0.3, 0.4) is 0 Å². The second-order valence-corrected chi connectivity index (χ2v) is 8.96. The van der Waals surface area contributed by atoms with Gasteiger partial charge in [-0.1, -0.05) is 23.7 Å². The molecule has 2 aromatic heterocycles. The van der Waals surface area contributed by atoms with E-state index in [1.807, 2.05) is 23.6 Å². The van der Waals surface area contributed by atoms with E-state index in [0.29, 0.717) is 35.7 Å². The Hall–Kier alpha value is -2.91. The van der Waals surface area contributed by atoms with E-state index in [9.17, 15) is 9.59 Å². The third kappa shape index (κ3) is 3.79. The first kappa shape index (κ1) is 20.0. The number of thiazole rings is 1. The summed E-state index contributed by atoms with van der Waals surface area (Å²) >= 11 is 8.11. The molecule has 160 valence electrons. The number of aromatic carboxylic acids is 1. The van der Waals surface area contributed by atoms with Crippen molar-refractivity contribution in [3.63, 3.8) is 0 Å². The van der Waals surface area contributed by atoms with Gasteiger partial charge in [0.2, 0.25) is 0 Å². The number of fused-ring (bicyclic) bond motifs is 1. The van der Waals surface area contributed by atoms with Gasteiger partial charge in [-0.25, -0.2) is 14.6 Å². The minimum Gasteiger partial charge on any atom is -0.489 e. The molecule has 3 atom stereocenters. The predicted molar refractivity (Wildman–Crippen MR) is 115 cm³/mol. The number of rotatable bonds is 4. The van der Waals surface area contributed by atoms with Crippen LogP contribution in [0.25, 0.3) is 11.3 Å². The lowest BCUT2D eigenvalue weighted by atomic mass is 10.0. The maximum absolute atomic E-state index is 12.7. The first-order chi connectivity index (χ1) is 15.0. The summed E-state index contributed by atoms with van der Waals surface area (Å²) in [6, 6.07) is 6.76. The van der Waals surface area contributed by atoms with E-state index in [1.165, 1.54) is 23.6 Å². The van der Waals surface area contributed by atoms with E-state index in [1.54, 1.807) is 10.4 Å². The molecule has 3 heterocycles. The van der Waals surface area contributed by atoms with Gasteiger partial charge in [-0.15, -0.1) is 11.3 Å². The van der Waals surface area contributed by atoms with Crippen molar-refractivity contribution in [3.8, 4) is 17.0 Å². The van der Waals surface area contributed by atoms with Gasteiger partial charge in [0, 0.05) is 30.2 Å².